The summed E-state index contributed by atoms with van der Waals surface area (Å²) in [6.45, 7) is 4.27. The van der Waals surface area contributed by atoms with Crippen LogP contribution in [0.5, 0.6) is 0 Å². The zero-order valence-electron chi connectivity index (χ0n) is 9.03. The second kappa shape index (κ2) is 6.05. The van der Waals surface area contributed by atoms with E-state index in [1.165, 1.54) is 4.31 Å². The van der Waals surface area contributed by atoms with Crippen molar-refractivity contribution in [2.75, 3.05) is 27.3 Å². The van der Waals surface area contributed by atoms with E-state index in [1.54, 1.807) is 28.0 Å². The third kappa shape index (κ3) is 4.25. The molecule has 0 saturated heterocycles. The highest BCUT2D eigenvalue weighted by Gasteiger charge is 2.23. The fourth-order valence-electron chi connectivity index (χ4n) is 0.976. The van der Waals surface area contributed by atoms with Gasteiger partial charge in [0, 0.05) is 20.7 Å². The quantitative estimate of drug-likeness (QED) is 0.687. The number of halogens is 1. The van der Waals surface area contributed by atoms with Gasteiger partial charge in [-0.25, -0.2) is 12.7 Å². The molecule has 0 heterocycles. The maximum atomic E-state index is 11.6. The molecule has 1 atom stereocenters. The highest BCUT2D eigenvalue weighted by molar-refractivity contribution is 9.09. The molecule has 0 aliphatic rings. The molecule has 0 aliphatic carbocycles. The molecule has 0 amide bonds. The third-order valence-corrected chi connectivity index (χ3v) is 4.60. The monoisotopic (exact) mass is 287 g/mol. The van der Waals surface area contributed by atoms with Crippen molar-refractivity contribution in [3.63, 3.8) is 0 Å². The molecule has 0 N–H and O–H groups in total. The van der Waals surface area contributed by atoms with Gasteiger partial charge in [0.25, 0.3) is 0 Å². The van der Waals surface area contributed by atoms with E-state index >= 15 is 0 Å². The highest BCUT2D eigenvalue weighted by Crippen LogP contribution is 2.10. The number of hydrogen-bond acceptors (Lipinski definition) is 3. The zero-order chi connectivity index (χ0) is 11.4. The Bertz CT molecular complexity index is 253. The molecule has 0 aromatic rings. The van der Waals surface area contributed by atoms with Crippen LogP contribution in [0.4, 0.5) is 0 Å². The van der Waals surface area contributed by atoms with Gasteiger partial charge < -0.3 is 4.74 Å². The van der Waals surface area contributed by atoms with Gasteiger partial charge in [0.1, 0.15) is 0 Å². The number of methoxy groups -OCH3 is 1. The molecule has 1 unspecified atom stereocenters. The normalized spacial score (nSPS) is 15.1. The predicted octanol–water partition coefficient (Wildman–Crippen LogP) is 1.07. The van der Waals surface area contributed by atoms with Crippen LogP contribution >= 0.6 is 15.9 Å². The Balaban J connectivity index is 4.28. The van der Waals surface area contributed by atoms with Crippen molar-refractivity contribution in [3.8, 4) is 0 Å². The average Bonchev–Trinajstić information content (AvgIpc) is 2.03. The second-order valence-corrected chi connectivity index (χ2v) is 7.32. The molecular weight excluding hydrogens is 270 g/mol. The van der Waals surface area contributed by atoms with Crippen LogP contribution < -0.4 is 0 Å². The van der Waals surface area contributed by atoms with Crippen molar-refractivity contribution >= 4 is 26.0 Å². The molecule has 0 spiro atoms. The Morgan fingerprint density at radius 2 is 1.93 bits per heavy atom. The van der Waals surface area contributed by atoms with Crippen molar-refractivity contribution in [3.05, 3.63) is 0 Å². The van der Waals surface area contributed by atoms with Crippen LogP contribution in [0, 0.1) is 0 Å². The molecule has 86 valence electrons. The summed E-state index contributed by atoms with van der Waals surface area (Å²) < 4.78 is 29.5. The van der Waals surface area contributed by atoms with Gasteiger partial charge in [-0.2, -0.15) is 0 Å². The van der Waals surface area contributed by atoms with Gasteiger partial charge in [-0.1, -0.05) is 15.9 Å². The third-order valence-electron chi connectivity index (χ3n) is 1.83. The summed E-state index contributed by atoms with van der Waals surface area (Å²) in [4.78, 5) is 0.0334. The fraction of sp³-hybridized carbons (Fsp3) is 1.00. The Labute approximate surface area is 94.8 Å². The van der Waals surface area contributed by atoms with Crippen molar-refractivity contribution in [1.29, 1.82) is 0 Å². The number of rotatable bonds is 6. The predicted molar refractivity (Wildman–Crippen MR) is 61.3 cm³/mol. The van der Waals surface area contributed by atoms with E-state index in [1.807, 2.05) is 0 Å². The molecular formula is C8H18BrNO3S. The summed E-state index contributed by atoms with van der Waals surface area (Å²) in [7, 11) is 0.0286. The first-order chi connectivity index (χ1) is 6.32. The molecule has 0 radical (unpaired) electrons. The summed E-state index contributed by atoms with van der Waals surface area (Å²) in [5.41, 5.74) is 0. The summed E-state index contributed by atoms with van der Waals surface area (Å²) in [6.07, 6.45) is 0. The summed E-state index contributed by atoms with van der Waals surface area (Å²) in [5, 5.41) is -0.380. The minimum Gasteiger partial charge on any atom is -0.383 e. The number of ether oxygens (including phenoxy) is 1. The Kier molecular flexibility index (Phi) is 6.20. The first-order valence-electron chi connectivity index (χ1n) is 4.40. The van der Waals surface area contributed by atoms with Crippen LogP contribution in [0.15, 0.2) is 0 Å². The lowest BCUT2D eigenvalue weighted by Gasteiger charge is -2.21. The zero-order valence-corrected chi connectivity index (χ0v) is 11.4. The topological polar surface area (TPSA) is 46.6 Å². The van der Waals surface area contributed by atoms with E-state index in [2.05, 4.69) is 15.9 Å². The average molecular weight is 288 g/mol. The molecule has 0 aromatic carbocycles. The molecule has 6 heteroatoms. The van der Waals surface area contributed by atoms with Crippen LogP contribution in [-0.2, 0) is 14.8 Å². The van der Waals surface area contributed by atoms with Crippen molar-refractivity contribution in [2.24, 2.45) is 0 Å². The maximum absolute atomic E-state index is 11.6. The van der Waals surface area contributed by atoms with Crippen LogP contribution in [0.1, 0.15) is 13.8 Å². The van der Waals surface area contributed by atoms with Crippen LogP contribution in [0.2, 0.25) is 0 Å². The molecule has 0 saturated carbocycles. The van der Waals surface area contributed by atoms with Crippen molar-refractivity contribution in [1.82, 2.24) is 4.31 Å². The number of sulfonamides is 1. The van der Waals surface area contributed by atoms with Crippen LogP contribution in [-0.4, -0.2) is 50.1 Å². The number of alkyl halides is 1. The van der Waals surface area contributed by atoms with Gasteiger partial charge in [-0.05, 0) is 13.8 Å². The summed E-state index contributed by atoms with van der Waals surface area (Å²) in [5.74, 6) is 0. The smallest absolute Gasteiger partial charge is 0.216 e. The van der Waals surface area contributed by atoms with E-state index in [-0.39, 0.29) is 10.1 Å². The highest BCUT2D eigenvalue weighted by atomic mass is 79.9. The standard InChI is InChI=1S/C8H18BrNO3S/c1-7(2)14(11,12)10(3)5-8(9)6-13-4/h7-8H,5-6H2,1-4H3. The van der Waals surface area contributed by atoms with E-state index in [0.29, 0.717) is 13.2 Å². The first-order valence-corrected chi connectivity index (χ1v) is 6.82. The SMILES string of the molecule is COCC(Br)CN(C)S(=O)(=O)C(C)C. The van der Waals surface area contributed by atoms with Crippen LogP contribution in [0.3, 0.4) is 0 Å². The Morgan fingerprint density at radius 1 is 1.43 bits per heavy atom. The van der Waals surface area contributed by atoms with Gasteiger partial charge in [0.05, 0.1) is 16.7 Å². The van der Waals surface area contributed by atoms with Gasteiger partial charge >= 0.3 is 0 Å². The lowest BCUT2D eigenvalue weighted by Crippen LogP contribution is -2.37. The van der Waals surface area contributed by atoms with E-state index < -0.39 is 10.0 Å². The van der Waals surface area contributed by atoms with Crippen molar-refractivity contribution < 1.29 is 13.2 Å². The van der Waals surface area contributed by atoms with E-state index in [4.69, 9.17) is 4.74 Å². The second-order valence-electron chi connectivity index (χ2n) is 3.43. The fourth-order valence-corrected chi connectivity index (χ4v) is 2.97. The lowest BCUT2D eigenvalue weighted by atomic mass is 10.4. The molecule has 4 nitrogen and oxygen atoms in total. The minimum atomic E-state index is -3.14. The molecule has 0 rings (SSSR count). The van der Waals surface area contributed by atoms with Gasteiger partial charge in [0.15, 0.2) is 0 Å². The molecule has 14 heavy (non-hydrogen) atoms. The van der Waals surface area contributed by atoms with Gasteiger partial charge in [0.2, 0.25) is 10.0 Å². The van der Waals surface area contributed by atoms with E-state index in [0.717, 1.165) is 0 Å². The summed E-state index contributed by atoms with van der Waals surface area (Å²) in [6, 6.07) is 0. The molecule has 0 aliphatic heterocycles. The van der Waals surface area contributed by atoms with Gasteiger partial charge in [-0.15, -0.1) is 0 Å². The van der Waals surface area contributed by atoms with Crippen molar-refractivity contribution in [2.45, 2.75) is 23.9 Å². The molecule has 0 aromatic heterocycles. The maximum Gasteiger partial charge on any atom is 0.216 e. The first kappa shape index (κ1) is 14.3. The largest absolute Gasteiger partial charge is 0.383 e. The Hall–Kier alpha value is 0.350. The number of hydrogen-bond donors (Lipinski definition) is 0. The summed E-state index contributed by atoms with van der Waals surface area (Å²) >= 11 is 3.35. The van der Waals surface area contributed by atoms with Gasteiger partial charge in [-0.3, -0.25) is 0 Å². The van der Waals surface area contributed by atoms with Crippen LogP contribution in [0.25, 0.3) is 0 Å². The Morgan fingerprint density at radius 3 is 2.29 bits per heavy atom. The minimum absolute atomic E-state index is 0.0334. The molecule has 0 fully saturated rings. The lowest BCUT2D eigenvalue weighted by molar-refractivity contribution is 0.195. The van der Waals surface area contributed by atoms with E-state index in [9.17, 15) is 8.42 Å². The molecule has 0 bridgehead atoms. The number of nitrogens with zero attached hydrogens (tertiary/aromatic N) is 1.